The third kappa shape index (κ3) is 3.67. The molecule has 19 heavy (non-hydrogen) atoms. The highest BCUT2D eigenvalue weighted by Crippen LogP contribution is 2.23. The zero-order valence-corrected chi connectivity index (χ0v) is 11.5. The van der Waals surface area contributed by atoms with Crippen LogP contribution in [0, 0.1) is 12.7 Å². The largest absolute Gasteiger partial charge is 0.480 e. The molecule has 0 saturated heterocycles. The van der Waals surface area contributed by atoms with Crippen LogP contribution < -0.4 is 0 Å². The lowest BCUT2D eigenvalue weighted by molar-refractivity contribution is -0.137. The smallest absolute Gasteiger partial charge is 0.323 e. The molecule has 0 aliphatic carbocycles. The van der Waals surface area contributed by atoms with Gasteiger partial charge in [0.1, 0.15) is 6.54 Å². The van der Waals surface area contributed by atoms with Gasteiger partial charge < -0.3 is 10.0 Å². The number of rotatable bonds is 5. The first-order chi connectivity index (χ1) is 8.88. The number of amides is 1. The van der Waals surface area contributed by atoms with Gasteiger partial charge in [0.25, 0.3) is 5.91 Å². The molecule has 6 heteroatoms. The fourth-order valence-corrected chi connectivity index (χ4v) is 1.83. The van der Waals surface area contributed by atoms with E-state index in [9.17, 15) is 14.0 Å². The van der Waals surface area contributed by atoms with E-state index in [0.717, 1.165) is 4.90 Å². The summed E-state index contributed by atoms with van der Waals surface area (Å²) in [5.74, 6) is -2.61. The van der Waals surface area contributed by atoms with Gasteiger partial charge in [-0.3, -0.25) is 9.59 Å². The van der Waals surface area contributed by atoms with E-state index >= 15 is 0 Å². The SMILES string of the molecule is CCCN(CC(=O)O)C(=O)c1ccc(C)c(Cl)c1F. The fraction of sp³-hybridized carbons (Fsp3) is 0.385. The second kappa shape index (κ2) is 6.52. The van der Waals surface area contributed by atoms with E-state index in [0.29, 0.717) is 12.0 Å². The molecule has 1 amide bonds. The van der Waals surface area contributed by atoms with Crippen LogP contribution in [0.4, 0.5) is 4.39 Å². The molecule has 0 aliphatic rings. The van der Waals surface area contributed by atoms with Gasteiger partial charge in [0, 0.05) is 6.54 Å². The molecule has 1 rings (SSSR count). The van der Waals surface area contributed by atoms with Gasteiger partial charge in [-0.15, -0.1) is 0 Å². The zero-order valence-electron chi connectivity index (χ0n) is 10.7. The number of carboxylic acid groups (broad SMARTS) is 1. The lowest BCUT2D eigenvalue weighted by Gasteiger charge is -2.20. The van der Waals surface area contributed by atoms with E-state index in [1.807, 2.05) is 0 Å². The van der Waals surface area contributed by atoms with Crippen LogP contribution in [0.5, 0.6) is 0 Å². The molecule has 0 heterocycles. The summed E-state index contributed by atoms with van der Waals surface area (Å²) in [6, 6.07) is 2.85. The first kappa shape index (κ1) is 15.4. The molecule has 0 unspecified atom stereocenters. The van der Waals surface area contributed by atoms with Crippen LogP contribution in [0.15, 0.2) is 12.1 Å². The normalized spacial score (nSPS) is 10.3. The molecule has 4 nitrogen and oxygen atoms in total. The van der Waals surface area contributed by atoms with Crippen molar-refractivity contribution in [1.29, 1.82) is 0 Å². The van der Waals surface area contributed by atoms with Crippen molar-refractivity contribution in [3.8, 4) is 0 Å². The Morgan fingerprint density at radius 3 is 2.58 bits per heavy atom. The molecule has 1 aromatic rings. The molecule has 0 saturated carbocycles. The monoisotopic (exact) mass is 287 g/mol. The Balaban J connectivity index is 3.09. The number of carboxylic acids is 1. The third-order valence-electron chi connectivity index (χ3n) is 2.61. The van der Waals surface area contributed by atoms with E-state index in [4.69, 9.17) is 16.7 Å². The van der Waals surface area contributed by atoms with E-state index in [2.05, 4.69) is 0 Å². The molecule has 0 aromatic heterocycles. The summed E-state index contributed by atoms with van der Waals surface area (Å²) in [6.07, 6.45) is 0.584. The van der Waals surface area contributed by atoms with E-state index in [1.54, 1.807) is 13.8 Å². The van der Waals surface area contributed by atoms with Gasteiger partial charge in [0.15, 0.2) is 5.82 Å². The highest BCUT2D eigenvalue weighted by Gasteiger charge is 2.22. The number of carbonyl (C=O) groups excluding carboxylic acids is 1. The molecule has 0 fully saturated rings. The summed E-state index contributed by atoms with van der Waals surface area (Å²) < 4.78 is 13.9. The Hall–Kier alpha value is -1.62. The van der Waals surface area contributed by atoms with Crippen LogP contribution in [-0.2, 0) is 4.79 Å². The lowest BCUT2D eigenvalue weighted by Crippen LogP contribution is -2.36. The predicted molar refractivity (Wildman–Crippen MR) is 70.0 cm³/mol. The Labute approximate surface area is 115 Å². The summed E-state index contributed by atoms with van der Waals surface area (Å²) in [6.45, 7) is 3.22. The minimum absolute atomic E-state index is 0.113. The maximum absolute atomic E-state index is 13.9. The van der Waals surface area contributed by atoms with Gasteiger partial charge in [-0.25, -0.2) is 4.39 Å². The Morgan fingerprint density at radius 2 is 2.05 bits per heavy atom. The van der Waals surface area contributed by atoms with Crippen molar-refractivity contribution in [2.75, 3.05) is 13.1 Å². The van der Waals surface area contributed by atoms with Gasteiger partial charge in [-0.2, -0.15) is 0 Å². The van der Waals surface area contributed by atoms with E-state index in [1.165, 1.54) is 12.1 Å². The summed E-state index contributed by atoms with van der Waals surface area (Å²) in [5, 5.41) is 8.65. The van der Waals surface area contributed by atoms with E-state index < -0.39 is 24.2 Å². The topological polar surface area (TPSA) is 57.6 Å². The molecule has 0 aliphatic heterocycles. The molecule has 1 aromatic carbocycles. The van der Waals surface area contributed by atoms with E-state index in [-0.39, 0.29) is 17.1 Å². The van der Waals surface area contributed by atoms with Crippen molar-refractivity contribution in [2.24, 2.45) is 0 Å². The van der Waals surface area contributed by atoms with Crippen molar-refractivity contribution in [1.82, 2.24) is 4.90 Å². The van der Waals surface area contributed by atoms with Gasteiger partial charge in [-0.1, -0.05) is 24.6 Å². The molecule has 104 valence electrons. The second-order valence-electron chi connectivity index (χ2n) is 4.18. The van der Waals surface area contributed by atoms with Gasteiger partial charge in [0.05, 0.1) is 10.6 Å². The van der Waals surface area contributed by atoms with Crippen LogP contribution in [0.2, 0.25) is 5.02 Å². The first-order valence-electron chi connectivity index (χ1n) is 5.84. The number of aryl methyl sites for hydroxylation is 1. The number of carbonyl (C=O) groups is 2. The molecular weight excluding hydrogens is 273 g/mol. The first-order valence-corrected chi connectivity index (χ1v) is 6.22. The van der Waals surface area contributed by atoms with Crippen molar-refractivity contribution < 1.29 is 19.1 Å². The molecule has 0 atom stereocenters. The highest BCUT2D eigenvalue weighted by molar-refractivity contribution is 6.31. The minimum atomic E-state index is -1.14. The Bertz CT molecular complexity index is 505. The van der Waals surface area contributed by atoms with Gasteiger partial charge >= 0.3 is 5.97 Å². The summed E-state index contributed by atoms with van der Waals surface area (Å²) in [5.41, 5.74) is 0.321. The molecule has 0 spiro atoms. The van der Waals surface area contributed by atoms with Crippen LogP contribution >= 0.6 is 11.6 Å². The number of nitrogens with zero attached hydrogens (tertiary/aromatic N) is 1. The van der Waals surface area contributed by atoms with Crippen LogP contribution in [-0.4, -0.2) is 35.0 Å². The standard InChI is InChI=1S/C13H15ClFNO3/c1-3-6-16(7-10(17)18)13(19)9-5-4-8(2)11(14)12(9)15/h4-5H,3,6-7H2,1-2H3,(H,17,18). The number of aliphatic carboxylic acids is 1. The summed E-state index contributed by atoms with van der Waals surface area (Å²) in [7, 11) is 0. The lowest BCUT2D eigenvalue weighted by atomic mass is 10.1. The van der Waals surface area contributed by atoms with Crippen LogP contribution in [0.3, 0.4) is 0 Å². The summed E-state index contributed by atoms with van der Waals surface area (Å²) >= 11 is 5.75. The molecule has 0 radical (unpaired) electrons. The summed E-state index contributed by atoms with van der Waals surface area (Å²) in [4.78, 5) is 23.9. The number of hydrogen-bond donors (Lipinski definition) is 1. The third-order valence-corrected chi connectivity index (χ3v) is 3.08. The number of benzene rings is 1. The molecule has 1 N–H and O–H groups in total. The maximum atomic E-state index is 13.9. The maximum Gasteiger partial charge on any atom is 0.323 e. The van der Waals surface area contributed by atoms with Gasteiger partial charge in [-0.05, 0) is 25.0 Å². The van der Waals surface area contributed by atoms with Crippen molar-refractivity contribution >= 4 is 23.5 Å². The van der Waals surface area contributed by atoms with Crippen molar-refractivity contribution in [3.63, 3.8) is 0 Å². The Kier molecular flexibility index (Phi) is 5.30. The number of hydrogen-bond acceptors (Lipinski definition) is 2. The van der Waals surface area contributed by atoms with Crippen LogP contribution in [0.25, 0.3) is 0 Å². The van der Waals surface area contributed by atoms with Crippen molar-refractivity contribution in [3.05, 3.63) is 34.1 Å². The average Bonchev–Trinajstić information content (AvgIpc) is 2.34. The van der Waals surface area contributed by atoms with Crippen molar-refractivity contribution in [2.45, 2.75) is 20.3 Å². The molecule has 0 bridgehead atoms. The molecular formula is C13H15ClFNO3. The van der Waals surface area contributed by atoms with Crippen LogP contribution in [0.1, 0.15) is 29.3 Å². The van der Waals surface area contributed by atoms with Gasteiger partial charge in [0.2, 0.25) is 0 Å². The fourth-order valence-electron chi connectivity index (χ4n) is 1.67. The minimum Gasteiger partial charge on any atom is -0.480 e. The quantitative estimate of drug-likeness (QED) is 0.906. The second-order valence-corrected chi connectivity index (χ2v) is 4.56. The average molecular weight is 288 g/mol. The zero-order chi connectivity index (χ0) is 14.6. The highest BCUT2D eigenvalue weighted by atomic mass is 35.5. The Morgan fingerprint density at radius 1 is 1.42 bits per heavy atom. The number of halogens is 2. The predicted octanol–water partition coefficient (Wildman–Crippen LogP) is 2.72.